The van der Waals surface area contributed by atoms with Gasteiger partial charge in [0.15, 0.2) is 0 Å². The molecule has 4 aliphatic carbocycles. The maximum Gasteiger partial charge on any atom is 0.125 e. The van der Waals surface area contributed by atoms with Crippen LogP contribution in [-0.4, -0.2) is 7.11 Å². The van der Waals surface area contributed by atoms with E-state index in [0.29, 0.717) is 0 Å². The van der Waals surface area contributed by atoms with E-state index in [2.05, 4.69) is 6.07 Å². The van der Waals surface area contributed by atoms with E-state index >= 15 is 0 Å². The number of hydrogen-bond donors (Lipinski definition) is 0. The average Bonchev–Trinajstić information content (AvgIpc) is 2.42. The minimum absolute atomic E-state index is 0.764. The Labute approximate surface area is 126 Å². The summed E-state index contributed by atoms with van der Waals surface area (Å²) in [7, 11) is 1.81. The normalized spacial score (nSPS) is 34.4. The van der Waals surface area contributed by atoms with Crippen LogP contribution in [-0.2, 0) is 4.74 Å². The Morgan fingerprint density at radius 3 is 2.25 bits per heavy atom. The van der Waals surface area contributed by atoms with Crippen LogP contribution >= 0.6 is 11.6 Å². The highest BCUT2D eigenvalue weighted by atomic mass is 35.5. The second-order valence-corrected chi connectivity index (χ2v) is 7.24. The molecule has 4 bridgehead atoms. The summed E-state index contributed by atoms with van der Waals surface area (Å²) in [6, 6.07) is 8.12. The molecule has 4 aliphatic rings. The van der Waals surface area contributed by atoms with Gasteiger partial charge < -0.3 is 4.74 Å². The van der Waals surface area contributed by atoms with Crippen molar-refractivity contribution in [1.29, 1.82) is 0 Å². The summed E-state index contributed by atoms with van der Waals surface area (Å²) in [5, 5.41) is 0.793. The Balaban J connectivity index is 1.79. The van der Waals surface area contributed by atoms with Gasteiger partial charge >= 0.3 is 0 Å². The molecule has 0 aliphatic heterocycles. The molecular formula is C18H21ClO. The number of halogens is 1. The summed E-state index contributed by atoms with van der Waals surface area (Å²) in [6.45, 7) is 0. The van der Waals surface area contributed by atoms with Gasteiger partial charge in [0.25, 0.3) is 0 Å². The standard InChI is InChI=1S/C18H21ClO/c1-20-18(13-3-2-4-16(19)10-13)17-14-6-11-5-12(8-14)9-15(17)7-11/h2-4,10-12,14-15H,5-9H2,1H3. The van der Waals surface area contributed by atoms with Crippen LogP contribution in [0.15, 0.2) is 29.8 Å². The Kier molecular flexibility index (Phi) is 3.07. The van der Waals surface area contributed by atoms with Gasteiger partial charge in [-0.2, -0.15) is 0 Å². The van der Waals surface area contributed by atoms with Crippen LogP contribution in [0.1, 0.15) is 37.7 Å². The van der Waals surface area contributed by atoms with Crippen molar-refractivity contribution in [2.45, 2.75) is 32.1 Å². The molecule has 5 rings (SSSR count). The third-order valence-corrected chi connectivity index (χ3v) is 5.81. The lowest BCUT2D eigenvalue weighted by atomic mass is 9.54. The molecule has 4 fully saturated rings. The minimum Gasteiger partial charge on any atom is -0.496 e. The summed E-state index contributed by atoms with van der Waals surface area (Å²) in [4.78, 5) is 0. The lowest BCUT2D eigenvalue weighted by Crippen LogP contribution is -2.40. The third kappa shape index (κ3) is 1.98. The molecule has 0 atom stereocenters. The maximum absolute atomic E-state index is 6.16. The van der Waals surface area contributed by atoms with Gasteiger partial charge in [0, 0.05) is 10.6 Å². The Morgan fingerprint density at radius 1 is 1.05 bits per heavy atom. The minimum atomic E-state index is 0.764. The fourth-order valence-electron chi connectivity index (χ4n) is 5.09. The van der Waals surface area contributed by atoms with Gasteiger partial charge in [-0.25, -0.2) is 0 Å². The number of methoxy groups -OCH3 is 1. The smallest absolute Gasteiger partial charge is 0.125 e. The molecule has 106 valence electrons. The van der Waals surface area contributed by atoms with Crippen LogP contribution in [0.4, 0.5) is 0 Å². The summed E-state index contributed by atoms with van der Waals surface area (Å²) >= 11 is 6.16. The SMILES string of the molecule is COC(=C1C2CC3CC(C2)CC1C3)c1cccc(Cl)c1. The summed E-state index contributed by atoms with van der Waals surface area (Å²) < 4.78 is 5.84. The summed E-state index contributed by atoms with van der Waals surface area (Å²) in [5.41, 5.74) is 2.75. The average molecular weight is 289 g/mol. The first-order valence-corrected chi connectivity index (χ1v) is 8.16. The van der Waals surface area contributed by atoms with Crippen LogP contribution in [0.3, 0.4) is 0 Å². The second-order valence-electron chi connectivity index (χ2n) is 6.80. The van der Waals surface area contributed by atoms with Gasteiger partial charge in [-0.1, -0.05) is 23.7 Å². The Morgan fingerprint density at radius 2 is 1.70 bits per heavy atom. The summed E-state index contributed by atoms with van der Waals surface area (Å²) in [6.07, 6.45) is 7.02. The maximum atomic E-state index is 6.16. The highest BCUT2D eigenvalue weighted by molar-refractivity contribution is 6.30. The zero-order valence-electron chi connectivity index (χ0n) is 11.9. The van der Waals surface area contributed by atoms with Crippen molar-refractivity contribution in [2.24, 2.45) is 23.7 Å². The Bertz CT molecular complexity index is 530. The number of ether oxygens (including phenoxy) is 1. The van der Waals surface area contributed by atoms with E-state index in [9.17, 15) is 0 Å². The highest BCUT2D eigenvalue weighted by Gasteiger charge is 2.46. The van der Waals surface area contributed by atoms with Gasteiger partial charge in [0.2, 0.25) is 0 Å². The molecule has 1 aromatic carbocycles. The van der Waals surface area contributed by atoms with Crippen molar-refractivity contribution < 1.29 is 4.74 Å². The van der Waals surface area contributed by atoms with Crippen molar-refractivity contribution in [2.75, 3.05) is 7.11 Å². The number of benzene rings is 1. The molecule has 1 aromatic rings. The van der Waals surface area contributed by atoms with Gasteiger partial charge in [0.05, 0.1) is 7.11 Å². The van der Waals surface area contributed by atoms with E-state index in [0.717, 1.165) is 40.0 Å². The van der Waals surface area contributed by atoms with Gasteiger partial charge in [0.1, 0.15) is 5.76 Å². The predicted molar refractivity (Wildman–Crippen MR) is 82.4 cm³/mol. The van der Waals surface area contributed by atoms with Gasteiger partial charge in [-0.15, -0.1) is 0 Å². The van der Waals surface area contributed by atoms with Crippen molar-refractivity contribution in [3.63, 3.8) is 0 Å². The molecule has 0 amide bonds. The molecule has 0 spiro atoms. The van der Waals surface area contributed by atoms with E-state index in [1.165, 1.54) is 32.1 Å². The topological polar surface area (TPSA) is 9.23 Å². The first-order chi connectivity index (χ1) is 9.74. The van der Waals surface area contributed by atoms with Crippen LogP contribution in [0, 0.1) is 23.7 Å². The number of rotatable bonds is 2. The van der Waals surface area contributed by atoms with Crippen LogP contribution in [0.5, 0.6) is 0 Å². The largest absolute Gasteiger partial charge is 0.496 e. The molecule has 0 aromatic heterocycles. The first kappa shape index (κ1) is 12.8. The predicted octanol–water partition coefficient (Wildman–Crippen LogP) is 5.15. The van der Waals surface area contributed by atoms with Crippen LogP contribution in [0.2, 0.25) is 5.02 Å². The number of hydrogen-bond acceptors (Lipinski definition) is 1. The van der Waals surface area contributed by atoms with Crippen LogP contribution in [0.25, 0.3) is 5.76 Å². The molecule has 0 unspecified atom stereocenters. The zero-order valence-corrected chi connectivity index (χ0v) is 12.7. The quantitative estimate of drug-likeness (QED) is 0.684. The molecular weight excluding hydrogens is 268 g/mol. The lowest BCUT2D eigenvalue weighted by Gasteiger charge is -2.51. The molecule has 20 heavy (non-hydrogen) atoms. The van der Waals surface area contributed by atoms with Crippen molar-refractivity contribution in [3.8, 4) is 0 Å². The molecule has 1 nitrogen and oxygen atoms in total. The molecule has 0 heterocycles. The van der Waals surface area contributed by atoms with Crippen molar-refractivity contribution in [3.05, 3.63) is 40.4 Å². The van der Waals surface area contributed by atoms with E-state index in [-0.39, 0.29) is 0 Å². The molecule has 0 radical (unpaired) electrons. The molecule has 2 heteroatoms. The van der Waals surface area contributed by atoms with Gasteiger partial charge in [-0.3, -0.25) is 0 Å². The highest BCUT2D eigenvalue weighted by Crippen LogP contribution is 2.57. The molecule has 4 saturated carbocycles. The van der Waals surface area contributed by atoms with Crippen molar-refractivity contribution in [1.82, 2.24) is 0 Å². The zero-order chi connectivity index (χ0) is 13.7. The fraction of sp³-hybridized carbons (Fsp3) is 0.556. The Hall–Kier alpha value is -0.950. The fourth-order valence-corrected chi connectivity index (χ4v) is 5.29. The lowest BCUT2D eigenvalue weighted by molar-refractivity contribution is 0.0675. The van der Waals surface area contributed by atoms with E-state index in [1.54, 1.807) is 5.57 Å². The first-order valence-electron chi connectivity index (χ1n) is 7.78. The van der Waals surface area contributed by atoms with E-state index in [1.807, 2.05) is 25.3 Å². The molecule has 0 saturated heterocycles. The monoisotopic (exact) mass is 288 g/mol. The van der Waals surface area contributed by atoms with E-state index in [4.69, 9.17) is 16.3 Å². The van der Waals surface area contributed by atoms with Crippen LogP contribution < -0.4 is 0 Å². The molecule has 0 N–H and O–H groups in total. The number of allylic oxidation sites excluding steroid dienone is 1. The second kappa shape index (κ2) is 4.80. The summed E-state index contributed by atoms with van der Waals surface area (Å²) in [5.74, 6) is 4.61. The van der Waals surface area contributed by atoms with Gasteiger partial charge in [-0.05, 0) is 73.5 Å². The van der Waals surface area contributed by atoms with Crippen molar-refractivity contribution >= 4 is 17.4 Å². The van der Waals surface area contributed by atoms with E-state index < -0.39 is 0 Å². The third-order valence-electron chi connectivity index (χ3n) is 5.57.